The predicted octanol–water partition coefficient (Wildman–Crippen LogP) is 4.15. The molecule has 2 N–H and O–H groups in total. The number of hydrogen-bond acceptors (Lipinski definition) is 8. The van der Waals surface area contributed by atoms with Crippen molar-refractivity contribution in [3.63, 3.8) is 0 Å². The molecule has 2 aromatic heterocycles. The van der Waals surface area contributed by atoms with Crippen LogP contribution in [-0.2, 0) is 16.1 Å². The van der Waals surface area contributed by atoms with E-state index in [1.165, 1.54) is 18.3 Å². The third kappa shape index (κ3) is 3.90. The first kappa shape index (κ1) is 20.0. The maximum atomic E-state index is 12.3. The Morgan fingerprint density at radius 1 is 1.25 bits per heavy atom. The first-order valence-corrected chi connectivity index (χ1v) is 10.1. The molecular formula is C19H20N4O3S2. The van der Waals surface area contributed by atoms with Gasteiger partial charge in [-0.3, -0.25) is 9.69 Å². The zero-order chi connectivity index (χ0) is 20.4. The molecule has 0 aliphatic rings. The molecule has 0 saturated heterocycles. The molecule has 0 radical (unpaired) electrons. The van der Waals surface area contributed by atoms with Gasteiger partial charge in [0.15, 0.2) is 5.13 Å². The van der Waals surface area contributed by atoms with E-state index < -0.39 is 5.97 Å². The highest BCUT2D eigenvalue weighted by Gasteiger charge is 2.22. The fourth-order valence-corrected chi connectivity index (χ4v) is 4.21. The summed E-state index contributed by atoms with van der Waals surface area (Å²) in [6, 6.07) is 5.79. The third-order valence-corrected chi connectivity index (χ3v) is 5.95. The molecule has 28 heavy (non-hydrogen) atoms. The summed E-state index contributed by atoms with van der Waals surface area (Å²) >= 11 is 2.38. The van der Waals surface area contributed by atoms with Crippen molar-refractivity contribution >= 4 is 50.6 Å². The number of aryl methyl sites for hydroxylation is 2. The molecule has 3 aromatic rings. The van der Waals surface area contributed by atoms with E-state index in [-0.39, 0.29) is 12.5 Å². The number of amides is 1. The zero-order valence-electron chi connectivity index (χ0n) is 16.0. The number of carbonyl (C=O) groups is 2. The number of ether oxygens (including phenoxy) is 1. The van der Waals surface area contributed by atoms with Crippen LogP contribution >= 0.6 is 22.9 Å². The smallest absolute Gasteiger partial charge is 0.343 e. The van der Waals surface area contributed by atoms with Gasteiger partial charge in [0.2, 0.25) is 5.91 Å². The van der Waals surface area contributed by atoms with Crippen molar-refractivity contribution in [2.45, 2.75) is 34.3 Å². The van der Waals surface area contributed by atoms with Gasteiger partial charge in [-0.2, -0.15) is 4.37 Å². The van der Waals surface area contributed by atoms with Crippen LogP contribution < -0.4 is 10.6 Å². The van der Waals surface area contributed by atoms with Gasteiger partial charge < -0.3 is 10.5 Å². The van der Waals surface area contributed by atoms with Gasteiger partial charge >= 0.3 is 5.97 Å². The Morgan fingerprint density at radius 3 is 2.64 bits per heavy atom. The van der Waals surface area contributed by atoms with Crippen molar-refractivity contribution in [2.24, 2.45) is 0 Å². The Hall–Kier alpha value is -2.78. The first-order valence-electron chi connectivity index (χ1n) is 8.49. The van der Waals surface area contributed by atoms with Gasteiger partial charge in [-0.05, 0) is 49.5 Å². The normalized spacial score (nSPS) is 10.7. The summed E-state index contributed by atoms with van der Waals surface area (Å²) in [5.74, 6) is -0.671. The number of carbonyl (C=O) groups excluding carboxylic acids is 2. The highest BCUT2D eigenvalue weighted by molar-refractivity contribution is 7.14. The van der Waals surface area contributed by atoms with E-state index >= 15 is 0 Å². The molecule has 0 bridgehead atoms. The number of thiazole rings is 1. The predicted molar refractivity (Wildman–Crippen MR) is 111 cm³/mol. The number of nitrogens with zero attached hydrogens (tertiary/aromatic N) is 3. The van der Waals surface area contributed by atoms with Crippen molar-refractivity contribution in [3.8, 4) is 0 Å². The quantitative estimate of drug-likeness (QED) is 0.628. The summed E-state index contributed by atoms with van der Waals surface area (Å²) in [6.07, 6.45) is 0. The van der Waals surface area contributed by atoms with Crippen LogP contribution in [0.3, 0.4) is 0 Å². The topological polar surface area (TPSA) is 98.4 Å². The summed E-state index contributed by atoms with van der Waals surface area (Å²) in [7, 11) is 0. The Kier molecular flexibility index (Phi) is 5.76. The van der Waals surface area contributed by atoms with Gasteiger partial charge in [-0.1, -0.05) is 12.1 Å². The molecule has 0 spiro atoms. The number of anilines is 3. The largest absolute Gasteiger partial charge is 0.455 e. The molecule has 0 aliphatic heterocycles. The number of nitrogen functional groups attached to an aromatic ring is 1. The van der Waals surface area contributed by atoms with Crippen molar-refractivity contribution in [1.82, 2.24) is 9.36 Å². The highest BCUT2D eigenvalue weighted by Crippen LogP contribution is 2.32. The minimum absolute atomic E-state index is 0.0113. The number of hydrogen-bond donors (Lipinski definition) is 1. The van der Waals surface area contributed by atoms with E-state index in [4.69, 9.17) is 10.5 Å². The number of esters is 1. The van der Waals surface area contributed by atoms with E-state index in [1.54, 1.807) is 17.2 Å². The lowest BCUT2D eigenvalue weighted by Crippen LogP contribution is -2.23. The van der Waals surface area contributed by atoms with Gasteiger partial charge in [-0.25, -0.2) is 9.78 Å². The molecule has 0 unspecified atom stereocenters. The second-order valence-electron chi connectivity index (χ2n) is 6.28. The van der Waals surface area contributed by atoms with Crippen LogP contribution in [0.15, 0.2) is 23.6 Å². The van der Waals surface area contributed by atoms with Crippen molar-refractivity contribution in [1.29, 1.82) is 0 Å². The lowest BCUT2D eigenvalue weighted by Gasteiger charge is -2.21. The molecule has 1 amide bonds. The van der Waals surface area contributed by atoms with E-state index in [0.29, 0.717) is 27.1 Å². The van der Waals surface area contributed by atoms with Gasteiger partial charge in [0.05, 0.1) is 17.1 Å². The van der Waals surface area contributed by atoms with Crippen LogP contribution in [0.25, 0.3) is 0 Å². The zero-order valence-corrected chi connectivity index (χ0v) is 17.6. The molecule has 0 atom stereocenters. The molecule has 0 saturated carbocycles. The van der Waals surface area contributed by atoms with Gasteiger partial charge in [0.1, 0.15) is 17.2 Å². The fraction of sp³-hybridized carbons (Fsp3) is 0.263. The van der Waals surface area contributed by atoms with Crippen LogP contribution in [0.2, 0.25) is 0 Å². The van der Waals surface area contributed by atoms with Crippen LogP contribution in [-0.4, -0.2) is 21.2 Å². The molecular weight excluding hydrogens is 396 g/mol. The van der Waals surface area contributed by atoms with Crippen LogP contribution in [0.5, 0.6) is 0 Å². The second-order valence-corrected chi connectivity index (χ2v) is 7.92. The Morgan fingerprint density at radius 2 is 2.00 bits per heavy atom. The molecule has 9 heteroatoms. The minimum Gasteiger partial charge on any atom is -0.455 e. The van der Waals surface area contributed by atoms with Crippen LogP contribution in [0.1, 0.15) is 39.8 Å². The Bertz CT molecular complexity index is 1020. The standard InChI is InChI=1S/C19H20N4O3S2/c1-10-6-5-7-15(11(10)2)23(13(4)24)19-21-14(9-27-19)8-26-18(25)16-12(3)22-28-17(16)20/h5-7,9H,8,20H2,1-4H3. The average Bonchev–Trinajstić information content (AvgIpc) is 3.23. The molecule has 7 nitrogen and oxygen atoms in total. The molecule has 1 aromatic carbocycles. The Balaban J connectivity index is 1.79. The van der Waals surface area contributed by atoms with Gasteiger partial charge in [0, 0.05) is 12.3 Å². The van der Waals surface area contributed by atoms with Crippen molar-refractivity contribution < 1.29 is 14.3 Å². The average molecular weight is 417 g/mol. The minimum atomic E-state index is -0.531. The summed E-state index contributed by atoms with van der Waals surface area (Å²) in [6.45, 7) is 7.16. The molecule has 146 valence electrons. The lowest BCUT2D eigenvalue weighted by atomic mass is 10.1. The summed E-state index contributed by atoms with van der Waals surface area (Å²) < 4.78 is 9.37. The van der Waals surface area contributed by atoms with Gasteiger partial charge in [-0.15, -0.1) is 11.3 Å². The highest BCUT2D eigenvalue weighted by atomic mass is 32.1. The van der Waals surface area contributed by atoms with Crippen LogP contribution in [0.4, 0.5) is 15.8 Å². The molecule has 0 fully saturated rings. The third-order valence-electron chi connectivity index (χ3n) is 4.31. The van der Waals surface area contributed by atoms with E-state index in [1.807, 2.05) is 32.0 Å². The fourth-order valence-electron chi connectivity index (χ4n) is 2.70. The molecule has 3 rings (SSSR count). The van der Waals surface area contributed by atoms with E-state index in [9.17, 15) is 9.59 Å². The van der Waals surface area contributed by atoms with Crippen molar-refractivity contribution in [3.05, 3.63) is 51.7 Å². The summed E-state index contributed by atoms with van der Waals surface area (Å²) in [4.78, 5) is 30.6. The molecule has 0 aliphatic carbocycles. The summed E-state index contributed by atoms with van der Waals surface area (Å²) in [5, 5.41) is 2.63. The first-order chi connectivity index (χ1) is 13.3. The van der Waals surface area contributed by atoms with Crippen LogP contribution in [0, 0.1) is 20.8 Å². The molecule has 2 heterocycles. The number of benzene rings is 1. The Labute approximate surface area is 170 Å². The van der Waals surface area contributed by atoms with Crippen molar-refractivity contribution in [2.75, 3.05) is 10.6 Å². The maximum absolute atomic E-state index is 12.3. The van der Waals surface area contributed by atoms with Gasteiger partial charge in [0.25, 0.3) is 0 Å². The SMILES string of the molecule is CC(=O)N(c1nc(COC(=O)c2c(C)nsc2N)cs1)c1cccc(C)c1C. The lowest BCUT2D eigenvalue weighted by molar-refractivity contribution is -0.115. The monoisotopic (exact) mass is 416 g/mol. The number of rotatable bonds is 5. The van der Waals surface area contributed by atoms with E-state index in [0.717, 1.165) is 28.3 Å². The maximum Gasteiger partial charge on any atom is 0.343 e. The van der Waals surface area contributed by atoms with E-state index in [2.05, 4.69) is 9.36 Å². The summed E-state index contributed by atoms with van der Waals surface area (Å²) in [5.41, 5.74) is 10.1. The number of aromatic nitrogens is 2. The number of nitrogens with two attached hydrogens (primary N) is 1. The second kappa shape index (κ2) is 8.07.